The van der Waals surface area contributed by atoms with E-state index in [9.17, 15) is 4.39 Å². The fourth-order valence-electron chi connectivity index (χ4n) is 0.795. The third-order valence-corrected chi connectivity index (χ3v) is 1.81. The second-order valence-corrected chi connectivity index (χ2v) is 2.51. The molecular formula is C8H9FOS. The number of halogens is 1. The van der Waals surface area contributed by atoms with E-state index in [4.69, 9.17) is 4.18 Å². The summed E-state index contributed by atoms with van der Waals surface area (Å²) >= 11 is 3.66. The Balaban J connectivity index is 2.81. The van der Waals surface area contributed by atoms with Crippen molar-refractivity contribution in [2.24, 2.45) is 0 Å². The summed E-state index contributed by atoms with van der Waals surface area (Å²) in [7, 11) is 0. The zero-order valence-corrected chi connectivity index (χ0v) is 7.01. The largest absolute Gasteiger partial charge is 0.311 e. The summed E-state index contributed by atoms with van der Waals surface area (Å²) in [5, 5.41) is 0. The molecule has 0 spiro atoms. The van der Waals surface area contributed by atoms with Crippen molar-refractivity contribution < 1.29 is 8.57 Å². The van der Waals surface area contributed by atoms with E-state index < -0.39 is 0 Å². The number of thiol groups is 1. The highest BCUT2D eigenvalue weighted by Gasteiger charge is 2.02. The molecule has 0 bridgehead atoms. The normalized spacial score (nSPS) is 13.0. The zero-order chi connectivity index (χ0) is 8.27. The maximum Gasteiger partial charge on any atom is 0.123 e. The van der Waals surface area contributed by atoms with Crippen LogP contribution in [0.5, 0.6) is 0 Å². The first-order valence-corrected chi connectivity index (χ1v) is 3.66. The topological polar surface area (TPSA) is 9.23 Å². The van der Waals surface area contributed by atoms with Crippen LogP contribution in [0.4, 0.5) is 4.39 Å². The van der Waals surface area contributed by atoms with Crippen LogP contribution in [-0.4, -0.2) is 0 Å². The number of hydrogen-bond donors (Lipinski definition) is 1. The Hall–Kier alpha value is -0.540. The van der Waals surface area contributed by atoms with Gasteiger partial charge in [0, 0.05) is 0 Å². The molecule has 0 radical (unpaired) electrons. The maximum atomic E-state index is 12.4. The molecule has 1 aromatic carbocycles. The highest BCUT2D eigenvalue weighted by Crippen LogP contribution is 2.17. The number of hydrogen-bond acceptors (Lipinski definition) is 2. The molecule has 0 amide bonds. The summed E-state index contributed by atoms with van der Waals surface area (Å²) in [6.07, 6.45) is -0.0982. The van der Waals surface area contributed by atoms with Gasteiger partial charge in [0.2, 0.25) is 0 Å². The van der Waals surface area contributed by atoms with Crippen molar-refractivity contribution in [3.05, 3.63) is 35.6 Å². The molecule has 0 heterocycles. The lowest BCUT2D eigenvalue weighted by molar-refractivity contribution is 0.279. The predicted molar refractivity (Wildman–Crippen MR) is 44.9 cm³/mol. The molecule has 1 atom stereocenters. The lowest BCUT2D eigenvalue weighted by Crippen LogP contribution is -1.91. The van der Waals surface area contributed by atoms with Crippen LogP contribution >= 0.6 is 12.9 Å². The van der Waals surface area contributed by atoms with Gasteiger partial charge in [0.15, 0.2) is 0 Å². The maximum absolute atomic E-state index is 12.4. The van der Waals surface area contributed by atoms with Crippen LogP contribution in [0.15, 0.2) is 24.3 Å². The highest BCUT2D eigenvalue weighted by atomic mass is 32.1. The van der Waals surface area contributed by atoms with Gasteiger partial charge in [-0.25, -0.2) is 4.39 Å². The molecule has 0 saturated carbocycles. The fourth-order valence-corrected chi connectivity index (χ4v) is 0.916. The van der Waals surface area contributed by atoms with E-state index in [1.807, 2.05) is 6.92 Å². The summed E-state index contributed by atoms with van der Waals surface area (Å²) in [4.78, 5) is 0. The molecule has 0 aliphatic heterocycles. The molecule has 1 unspecified atom stereocenters. The predicted octanol–water partition coefficient (Wildman–Crippen LogP) is 2.75. The first kappa shape index (κ1) is 8.56. The molecular weight excluding hydrogens is 163 g/mol. The van der Waals surface area contributed by atoms with Crippen molar-refractivity contribution in [3.63, 3.8) is 0 Å². The highest BCUT2D eigenvalue weighted by molar-refractivity contribution is 7.75. The summed E-state index contributed by atoms with van der Waals surface area (Å²) in [6.45, 7) is 1.85. The van der Waals surface area contributed by atoms with Crippen LogP contribution in [0.3, 0.4) is 0 Å². The molecule has 0 N–H and O–H groups in total. The minimum Gasteiger partial charge on any atom is -0.311 e. The Labute approximate surface area is 70.8 Å². The minimum atomic E-state index is -0.236. The van der Waals surface area contributed by atoms with Gasteiger partial charge in [-0.15, -0.1) is 0 Å². The van der Waals surface area contributed by atoms with Crippen molar-refractivity contribution in [1.82, 2.24) is 0 Å². The zero-order valence-electron chi connectivity index (χ0n) is 6.12. The molecule has 11 heavy (non-hydrogen) atoms. The molecule has 0 aliphatic carbocycles. The second-order valence-electron chi connectivity index (χ2n) is 2.30. The van der Waals surface area contributed by atoms with E-state index >= 15 is 0 Å². The van der Waals surface area contributed by atoms with E-state index in [1.54, 1.807) is 12.1 Å². The Kier molecular flexibility index (Phi) is 2.91. The van der Waals surface area contributed by atoms with E-state index in [0.29, 0.717) is 0 Å². The fraction of sp³-hybridized carbons (Fsp3) is 0.250. The molecule has 0 aromatic heterocycles. The molecule has 1 nitrogen and oxygen atoms in total. The Morgan fingerprint density at radius 1 is 1.36 bits per heavy atom. The van der Waals surface area contributed by atoms with Gasteiger partial charge in [-0.05, 0) is 37.5 Å². The third-order valence-electron chi connectivity index (χ3n) is 1.50. The Bertz CT molecular complexity index is 222. The molecule has 3 heteroatoms. The first-order chi connectivity index (χ1) is 5.24. The van der Waals surface area contributed by atoms with Gasteiger partial charge in [-0.2, -0.15) is 0 Å². The van der Waals surface area contributed by atoms with Crippen LogP contribution < -0.4 is 0 Å². The van der Waals surface area contributed by atoms with Gasteiger partial charge in [0.05, 0.1) is 6.10 Å². The van der Waals surface area contributed by atoms with Gasteiger partial charge in [0.25, 0.3) is 0 Å². The smallest absolute Gasteiger partial charge is 0.123 e. The molecule has 0 aliphatic rings. The van der Waals surface area contributed by atoms with E-state index in [2.05, 4.69) is 12.9 Å². The van der Waals surface area contributed by atoms with Crippen LogP contribution in [0.25, 0.3) is 0 Å². The van der Waals surface area contributed by atoms with Crippen molar-refractivity contribution >= 4 is 12.9 Å². The summed E-state index contributed by atoms with van der Waals surface area (Å²) in [6, 6.07) is 6.16. The van der Waals surface area contributed by atoms with Gasteiger partial charge in [0.1, 0.15) is 5.82 Å². The van der Waals surface area contributed by atoms with Crippen LogP contribution in [0.1, 0.15) is 18.6 Å². The third kappa shape index (κ3) is 2.20. The van der Waals surface area contributed by atoms with Crippen LogP contribution in [-0.2, 0) is 4.18 Å². The summed E-state index contributed by atoms with van der Waals surface area (Å²) in [5.74, 6) is -0.236. The van der Waals surface area contributed by atoms with Crippen LogP contribution in [0, 0.1) is 5.82 Å². The monoisotopic (exact) mass is 172 g/mol. The van der Waals surface area contributed by atoms with Crippen molar-refractivity contribution in [3.8, 4) is 0 Å². The Morgan fingerprint density at radius 2 is 1.91 bits per heavy atom. The molecule has 0 saturated heterocycles. The average Bonchev–Trinajstić information content (AvgIpc) is 2.05. The average molecular weight is 172 g/mol. The molecule has 60 valence electrons. The van der Waals surface area contributed by atoms with E-state index in [-0.39, 0.29) is 11.9 Å². The molecule has 0 fully saturated rings. The summed E-state index contributed by atoms with van der Waals surface area (Å²) < 4.78 is 17.1. The second kappa shape index (κ2) is 3.74. The standard InChI is InChI=1S/C8H9FOS/c1-6(10-11)7-2-4-8(9)5-3-7/h2-6,11H,1H3. The lowest BCUT2D eigenvalue weighted by atomic mass is 10.1. The summed E-state index contributed by atoms with van der Waals surface area (Å²) in [5.41, 5.74) is 0.918. The first-order valence-electron chi connectivity index (χ1n) is 3.29. The number of rotatable bonds is 2. The van der Waals surface area contributed by atoms with E-state index in [0.717, 1.165) is 5.56 Å². The molecule has 1 rings (SSSR count). The lowest BCUT2D eigenvalue weighted by Gasteiger charge is -2.06. The van der Waals surface area contributed by atoms with Crippen LogP contribution in [0.2, 0.25) is 0 Å². The van der Waals surface area contributed by atoms with Crippen molar-refractivity contribution in [1.29, 1.82) is 0 Å². The van der Waals surface area contributed by atoms with Gasteiger partial charge >= 0.3 is 0 Å². The van der Waals surface area contributed by atoms with E-state index in [1.165, 1.54) is 12.1 Å². The van der Waals surface area contributed by atoms with Crippen molar-refractivity contribution in [2.75, 3.05) is 0 Å². The SMILES string of the molecule is CC(OS)c1ccc(F)cc1. The van der Waals surface area contributed by atoms with Gasteiger partial charge in [-0.3, -0.25) is 0 Å². The molecule has 1 aromatic rings. The number of benzene rings is 1. The Morgan fingerprint density at radius 3 is 2.36 bits per heavy atom. The minimum absolute atomic E-state index is 0.0982. The van der Waals surface area contributed by atoms with Gasteiger partial charge < -0.3 is 4.18 Å². The van der Waals surface area contributed by atoms with Crippen molar-refractivity contribution in [2.45, 2.75) is 13.0 Å². The quantitative estimate of drug-likeness (QED) is 0.533. The van der Waals surface area contributed by atoms with Gasteiger partial charge in [-0.1, -0.05) is 12.1 Å².